The molecule has 1 aromatic heterocycles. The number of para-hydroxylation sites is 1. The first-order valence-electron chi connectivity index (χ1n) is 19.1. The van der Waals surface area contributed by atoms with E-state index in [2.05, 4.69) is 223 Å². The highest BCUT2D eigenvalue weighted by molar-refractivity contribution is 6.14. The van der Waals surface area contributed by atoms with Crippen LogP contribution in [0.3, 0.4) is 0 Å². The van der Waals surface area contributed by atoms with Crippen molar-refractivity contribution in [3.63, 3.8) is 0 Å². The van der Waals surface area contributed by atoms with E-state index in [0.717, 1.165) is 66.8 Å². The summed E-state index contributed by atoms with van der Waals surface area (Å²) in [4.78, 5) is 2.43. The van der Waals surface area contributed by atoms with Crippen molar-refractivity contribution in [2.24, 2.45) is 0 Å². The number of hydrogen-bond acceptors (Lipinski definition) is 2. The summed E-state index contributed by atoms with van der Waals surface area (Å²) in [5.41, 5.74) is 16.6. The van der Waals surface area contributed by atoms with Gasteiger partial charge in [0.15, 0.2) is 0 Å². The first-order chi connectivity index (χ1) is 27.8. The van der Waals surface area contributed by atoms with E-state index in [1.54, 1.807) is 0 Å². The Bertz CT molecular complexity index is 2950. The van der Waals surface area contributed by atoms with Gasteiger partial charge in [-0.05, 0) is 92.5 Å². The van der Waals surface area contributed by atoms with Crippen molar-refractivity contribution in [1.29, 1.82) is 0 Å². The van der Waals surface area contributed by atoms with Gasteiger partial charge in [-0.1, -0.05) is 182 Å². The largest absolute Gasteiger partial charge is 0.456 e. The molecule has 2 nitrogen and oxygen atoms in total. The molecule has 10 rings (SSSR count). The van der Waals surface area contributed by atoms with Gasteiger partial charge < -0.3 is 9.32 Å². The minimum atomic E-state index is 0.855. The second-order valence-corrected chi connectivity index (χ2v) is 14.1. The van der Waals surface area contributed by atoms with Crippen LogP contribution in [0, 0.1) is 0 Å². The molecule has 0 atom stereocenters. The van der Waals surface area contributed by atoms with E-state index in [-0.39, 0.29) is 0 Å². The molecular weight excluding hydrogens is 679 g/mol. The van der Waals surface area contributed by atoms with Crippen molar-refractivity contribution in [2.45, 2.75) is 0 Å². The summed E-state index contributed by atoms with van der Waals surface area (Å²) in [5.74, 6) is 0. The first-order valence-corrected chi connectivity index (χ1v) is 19.1. The fraction of sp³-hybridized carbons (Fsp3) is 0. The van der Waals surface area contributed by atoms with Crippen molar-refractivity contribution in [3.05, 3.63) is 224 Å². The van der Waals surface area contributed by atoms with E-state index in [9.17, 15) is 0 Å². The molecule has 0 bridgehead atoms. The van der Waals surface area contributed by atoms with Gasteiger partial charge in [-0.25, -0.2) is 0 Å². The summed E-state index contributed by atoms with van der Waals surface area (Å²) in [6.07, 6.45) is 0. The number of hydrogen-bond donors (Lipinski definition) is 0. The van der Waals surface area contributed by atoms with Gasteiger partial charge in [0.25, 0.3) is 0 Å². The standard InChI is InChI=1S/C54H37NO/c1-4-17-38(18-5-1)42-23-14-24-43(37-42)39-33-35-44(36-34-39)55(50-30-16-32-52-54(50)48-27-12-13-31-51(48)56-52)49-29-15-28-46(41-21-8-3-9-22-41)53(49)47-26-11-10-25-45(47)40-19-6-2-7-20-40/h1-37H. The molecule has 2 heteroatoms. The predicted octanol–water partition coefficient (Wildman–Crippen LogP) is 15.4. The van der Waals surface area contributed by atoms with Gasteiger partial charge >= 0.3 is 0 Å². The fourth-order valence-corrected chi connectivity index (χ4v) is 8.10. The Morgan fingerprint density at radius 1 is 0.304 bits per heavy atom. The molecule has 0 radical (unpaired) electrons. The van der Waals surface area contributed by atoms with Crippen molar-refractivity contribution in [2.75, 3.05) is 4.90 Å². The zero-order valence-corrected chi connectivity index (χ0v) is 30.7. The summed E-state index contributed by atoms with van der Waals surface area (Å²) in [5, 5.41) is 2.16. The number of furan rings is 1. The van der Waals surface area contributed by atoms with Crippen LogP contribution in [-0.4, -0.2) is 0 Å². The Labute approximate surface area is 327 Å². The molecule has 264 valence electrons. The van der Waals surface area contributed by atoms with Crippen LogP contribution < -0.4 is 4.90 Å². The highest BCUT2D eigenvalue weighted by atomic mass is 16.3. The monoisotopic (exact) mass is 715 g/mol. The Balaban J connectivity index is 1.23. The molecule has 0 amide bonds. The molecule has 56 heavy (non-hydrogen) atoms. The molecule has 1 heterocycles. The van der Waals surface area contributed by atoms with Crippen molar-refractivity contribution >= 4 is 39.0 Å². The third kappa shape index (κ3) is 6.04. The Hall–Kier alpha value is -7.42. The van der Waals surface area contributed by atoms with Crippen molar-refractivity contribution < 1.29 is 4.42 Å². The first kappa shape index (κ1) is 33.2. The maximum absolute atomic E-state index is 6.50. The second-order valence-electron chi connectivity index (χ2n) is 14.1. The number of benzene rings is 9. The summed E-state index contributed by atoms with van der Waals surface area (Å²) >= 11 is 0. The second kappa shape index (κ2) is 14.4. The van der Waals surface area contributed by atoms with E-state index < -0.39 is 0 Å². The van der Waals surface area contributed by atoms with Gasteiger partial charge in [-0.15, -0.1) is 0 Å². The minimum Gasteiger partial charge on any atom is -0.456 e. The Kier molecular flexibility index (Phi) is 8.55. The highest BCUT2D eigenvalue weighted by Gasteiger charge is 2.25. The van der Waals surface area contributed by atoms with Crippen molar-refractivity contribution in [3.8, 4) is 55.6 Å². The van der Waals surface area contributed by atoms with Crippen LogP contribution in [0.1, 0.15) is 0 Å². The van der Waals surface area contributed by atoms with Crippen LogP contribution in [0.15, 0.2) is 229 Å². The lowest BCUT2D eigenvalue weighted by molar-refractivity contribution is 0.669. The predicted molar refractivity (Wildman–Crippen MR) is 236 cm³/mol. The maximum Gasteiger partial charge on any atom is 0.137 e. The summed E-state index contributed by atoms with van der Waals surface area (Å²) in [6.45, 7) is 0. The summed E-state index contributed by atoms with van der Waals surface area (Å²) < 4.78 is 6.50. The number of fused-ring (bicyclic) bond motifs is 3. The number of nitrogens with zero attached hydrogens (tertiary/aromatic N) is 1. The van der Waals surface area contributed by atoms with Gasteiger partial charge in [0.1, 0.15) is 11.2 Å². The maximum atomic E-state index is 6.50. The zero-order chi connectivity index (χ0) is 37.3. The summed E-state index contributed by atoms with van der Waals surface area (Å²) in [6, 6.07) is 80.1. The van der Waals surface area contributed by atoms with E-state index >= 15 is 0 Å². The van der Waals surface area contributed by atoms with Crippen molar-refractivity contribution in [1.82, 2.24) is 0 Å². The molecular formula is C54H37NO. The third-order valence-electron chi connectivity index (χ3n) is 10.7. The number of rotatable bonds is 8. The van der Waals surface area contributed by atoms with Crippen LogP contribution >= 0.6 is 0 Å². The summed E-state index contributed by atoms with van der Waals surface area (Å²) in [7, 11) is 0. The quantitative estimate of drug-likeness (QED) is 0.156. The SMILES string of the molecule is c1ccc(-c2cccc(-c3ccc(N(c4cccc(-c5ccccc5)c4-c4ccccc4-c4ccccc4)c4cccc5oc6ccccc6c45)cc3)c2)cc1. The molecule has 0 aliphatic rings. The molecule has 0 aliphatic carbocycles. The van der Waals surface area contributed by atoms with Crippen LogP contribution in [0.4, 0.5) is 17.1 Å². The topological polar surface area (TPSA) is 16.4 Å². The van der Waals surface area contributed by atoms with Gasteiger partial charge in [0.05, 0.1) is 16.8 Å². The van der Waals surface area contributed by atoms with Gasteiger partial charge in [0, 0.05) is 16.6 Å². The van der Waals surface area contributed by atoms with Crippen LogP contribution in [0.5, 0.6) is 0 Å². The van der Waals surface area contributed by atoms with E-state index in [0.29, 0.717) is 0 Å². The third-order valence-corrected chi connectivity index (χ3v) is 10.7. The molecule has 0 fully saturated rings. The molecule has 0 N–H and O–H groups in total. The molecule has 0 unspecified atom stereocenters. The van der Waals surface area contributed by atoms with Crippen LogP contribution in [-0.2, 0) is 0 Å². The fourth-order valence-electron chi connectivity index (χ4n) is 8.10. The smallest absolute Gasteiger partial charge is 0.137 e. The van der Waals surface area contributed by atoms with E-state index in [4.69, 9.17) is 4.42 Å². The van der Waals surface area contributed by atoms with Crippen LogP contribution in [0.25, 0.3) is 77.6 Å². The average molecular weight is 716 g/mol. The Morgan fingerprint density at radius 2 is 0.786 bits per heavy atom. The molecule has 0 spiro atoms. The van der Waals surface area contributed by atoms with Gasteiger partial charge in [0.2, 0.25) is 0 Å². The molecule has 0 saturated carbocycles. The lowest BCUT2D eigenvalue weighted by Crippen LogP contribution is -2.12. The van der Waals surface area contributed by atoms with E-state index in [1.807, 2.05) is 6.07 Å². The minimum absolute atomic E-state index is 0.855. The highest BCUT2D eigenvalue weighted by Crippen LogP contribution is 2.50. The lowest BCUT2D eigenvalue weighted by Gasteiger charge is -2.30. The number of anilines is 3. The zero-order valence-electron chi connectivity index (χ0n) is 30.7. The normalized spacial score (nSPS) is 11.2. The molecule has 9 aromatic carbocycles. The van der Waals surface area contributed by atoms with Gasteiger partial charge in [-0.2, -0.15) is 0 Å². The molecule has 10 aromatic rings. The average Bonchev–Trinajstić information content (AvgIpc) is 3.67. The van der Waals surface area contributed by atoms with Gasteiger partial charge in [-0.3, -0.25) is 0 Å². The Morgan fingerprint density at radius 3 is 1.50 bits per heavy atom. The molecule has 0 saturated heterocycles. The van der Waals surface area contributed by atoms with Crippen LogP contribution in [0.2, 0.25) is 0 Å². The van der Waals surface area contributed by atoms with E-state index in [1.165, 1.54) is 27.8 Å². The molecule has 0 aliphatic heterocycles. The lowest BCUT2D eigenvalue weighted by atomic mass is 9.87.